The van der Waals surface area contributed by atoms with E-state index in [1.165, 1.54) is 6.07 Å². The van der Waals surface area contributed by atoms with Crippen LogP contribution in [0.5, 0.6) is 5.75 Å². The van der Waals surface area contributed by atoms with Gasteiger partial charge in [-0.25, -0.2) is 4.79 Å². The Bertz CT molecular complexity index is 483. The van der Waals surface area contributed by atoms with Crippen molar-refractivity contribution in [3.8, 4) is 5.75 Å². The number of rotatable bonds is 4. The van der Waals surface area contributed by atoms with Gasteiger partial charge >= 0.3 is 18.3 Å². The van der Waals surface area contributed by atoms with Crippen LogP contribution in [0.3, 0.4) is 0 Å². The van der Waals surface area contributed by atoms with E-state index in [-0.39, 0.29) is 5.56 Å². The first-order chi connectivity index (χ1) is 8.69. The molecule has 0 fully saturated rings. The first kappa shape index (κ1) is 14.8. The van der Waals surface area contributed by atoms with E-state index in [1.807, 2.05) is 0 Å². The van der Waals surface area contributed by atoms with Crippen LogP contribution in [-0.4, -0.2) is 23.4 Å². The number of carboxylic acid groups (broad SMARTS) is 1. The van der Waals surface area contributed by atoms with Crippen LogP contribution in [0.1, 0.15) is 18.6 Å². The highest BCUT2D eigenvalue weighted by Gasteiger charge is 2.32. The lowest BCUT2D eigenvalue weighted by Crippen LogP contribution is -2.19. The molecule has 1 aromatic rings. The van der Waals surface area contributed by atoms with Crippen molar-refractivity contribution in [3.63, 3.8) is 0 Å². The van der Waals surface area contributed by atoms with Crippen molar-refractivity contribution in [1.82, 2.24) is 0 Å². The van der Waals surface area contributed by atoms with Crippen molar-refractivity contribution in [3.05, 3.63) is 29.8 Å². The first-order valence-corrected chi connectivity index (χ1v) is 4.95. The predicted molar refractivity (Wildman–Crippen MR) is 55.3 cm³/mol. The number of hydrogen-bond donors (Lipinski definition) is 1. The third-order valence-corrected chi connectivity index (χ3v) is 1.90. The van der Waals surface area contributed by atoms with Crippen molar-refractivity contribution < 1.29 is 37.3 Å². The molecule has 0 aliphatic rings. The van der Waals surface area contributed by atoms with Gasteiger partial charge in [-0.2, -0.15) is 0 Å². The molecule has 1 rings (SSSR count). The molecule has 5 nitrogen and oxygen atoms in total. The predicted octanol–water partition coefficient (Wildman–Crippen LogP) is 2.27. The average molecular weight is 278 g/mol. The average Bonchev–Trinajstić information content (AvgIpc) is 2.23. The number of benzene rings is 1. The summed E-state index contributed by atoms with van der Waals surface area (Å²) in [4.78, 5) is 21.6. The summed E-state index contributed by atoms with van der Waals surface area (Å²) in [7, 11) is 0. The number of halogens is 3. The monoisotopic (exact) mass is 278 g/mol. The van der Waals surface area contributed by atoms with Gasteiger partial charge in [0.05, 0.1) is 0 Å². The van der Waals surface area contributed by atoms with Gasteiger partial charge in [-0.05, 0) is 12.1 Å². The van der Waals surface area contributed by atoms with Gasteiger partial charge in [0.25, 0.3) is 0 Å². The number of carbonyl (C=O) groups is 2. The summed E-state index contributed by atoms with van der Waals surface area (Å²) < 4.78 is 44.2. The van der Waals surface area contributed by atoms with E-state index >= 15 is 0 Å². The van der Waals surface area contributed by atoms with Crippen LogP contribution in [-0.2, 0) is 14.3 Å². The second kappa shape index (κ2) is 5.59. The summed E-state index contributed by atoms with van der Waals surface area (Å²) >= 11 is 0. The number of alkyl halides is 3. The van der Waals surface area contributed by atoms with Crippen molar-refractivity contribution in [2.45, 2.75) is 19.4 Å². The third kappa shape index (κ3) is 4.86. The number of carboxylic acids is 1. The van der Waals surface area contributed by atoms with Crippen molar-refractivity contribution in [1.29, 1.82) is 0 Å². The van der Waals surface area contributed by atoms with Gasteiger partial charge in [-0.3, -0.25) is 4.79 Å². The van der Waals surface area contributed by atoms with Crippen LogP contribution in [0.2, 0.25) is 0 Å². The molecule has 0 saturated heterocycles. The maximum absolute atomic E-state index is 12.0. The van der Waals surface area contributed by atoms with Crippen molar-refractivity contribution >= 4 is 11.9 Å². The van der Waals surface area contributed by atoms with Gasteiger partial charge < -0.3 is 14.6 Å². The molecule has 0 heterocycles. The molecule has 1 unspecified atom stereocenters. The molecule has 0 saturated carbocycles. The van der Waals surface area contributed by atoms with E-state index in [9.17, 15) is 22.8 Å². The number of ether oxygens (including phenoxy) is 2. The van der Waals surface area contributed by atoms with Gasteiger partial charge in [0.15, 0.2) is 0 Å². The molecule has 0 bridgehead atoms. The lowest BCUT2D eigenvalue weighted by Gasteiger charge is -2.14. The van der Waals surface area contributed by atoms with Crippen LogP contribution in [0, 0.1) is 0 Å². The van der Waals surface area contributed by atoms with Crippen LogP contribution in [0.15, 0.2) is 24.3 Å². The topological polar surface area (TPSA) is 72.8 Å². The molecule has 0 amide bonds. The molecule has 8 heteroatoms. The van der Waals surface area contributed by atoms with Crippen LogP contribution in [0.25, 0.3) is 0 Å². The highest BCUT2D eigenvalue weighted by molar-refractivity contribution is 5.78. The molecule has 19 heavy (non-hydrogen) atoms. The fourth-order valence-corrected chi connectivity index (χ4v) is 1.30. The molecule has 1 aromatic carbocycles. The fourth-order valence-electron chi connectivity index (χ4n) is 1.30. The zero-order valence-corrected chi connectivity index (χ0v) is 9.60. The molecular formula is C11H9F3O5. The first-order valence-electron chi connectivity index (χ1n) is 4.95. The minimum absolute atomic E-state index is 0.135. The quantitative estimate of drug-likeness (QED) is 0.855. The molecule has 0 spiro atoms. The summed E-state index contributed by atoms with van der Waals surface area (Å²) in [5.41, 5.74) is -0.135. The lowest BCUT2D eigenvalue weighted by atomic mass is 10.1. The standard InChI is InChI=1S/C11H9F3O5/c1-6(15)18-9(10(16)17)7-3-2-4-8(5-7)19-11(12,13)14/h2-5,9H,1H3,(H,16,17). The summed E-state index contributed by atoms with van der Waals surface area (Å²) in [6, 6.07) is 4.22. The highest BCUT2D eigenvalue weighted by Crippen LogP contribution is 2.27. The van der Waals surface area contributed by atoms with Crippen molar-refractivity contribution in [2.75, 3.05) is 0 Å². The molecule has 0 aliphatic carbocycles. The Hall–Kier alpha value is -2.25. The Balaban J connectivity index is 3.01. The smallest absolute Gasteiger partial charge is 0.478 e. The molecule has 1 N–H and O–H groups in total. The van der Waals surface area contributed by atoms with E-state index < -0.39 is 30.2 Å². The number of aliphatic carboxylic acids is 1. The van der Waals surface area contributed by atoms with Gasteiger partial charge in [0.1, 0.15) is 5.75 Å². The largest absolute Gasteiger partial charge is 0.573 e. The van der Waals surface area contributed by atoms with Crippen molar-refractivity contribution in [2.24, 2.45) is 0 Å². The Morgan fingerprint density at radius 2 is 1.95 bits per heavy atom. The Kier molecular flexibility index (Phi) is 4.36. The summed E-state index contributed by atoms with van der Waals surface area (Å²) in [6.45, 7) is 0.992. The summed E-state index contributed by atoms with van der Waals surface area (Å²) in [5.74, 6) is -2.96. The van der Waals surface area contributed by atoms with Crippen LogP contribution < -0.4 is 4.74 Å². The van der Waals surface area contributed by atoms with Gasteiger partial charge in [0, 0.05) is 12.5 Å². The van der Waals surface area contributed by atoms with Gasteiger partial charge in [0.2, 0.25) is 6.10 Å². The SMILES string of the molecule is CC(=O)OC(C(=O)O)c1cccc(OC(F)(F)F)c1. The molecule has 104 valence electrons. The minimum Gasteiger partial charge on any atom is -0.478 e. The van der Waals surface area contributed by atoms with Crippen LogP contribution in [0.4, 0.5) is 13.2 Å². The number of carbonyl (C=O) groups excluding carboxylic acids is 1. The maximum Gasteiger partial charge on any atom is 0.573 e. The summed E-state index contributed by atoms with van der Waals surface area (Å²) in [5, 5.41) is 8.86. The molecular weight excluding hydrogens is 269 g/mol. The molecule has 0 aliphatic heterocycles. The van der Waals surface area contributed by atoms with E-state index in [2.05, 4.69) is 9.47 Å². The van der Waals surface area contributed by atoms with E-state index in [0.717, 1.165) is 25.1 Å². The van der Waals surface area contributed by atoms with Gasteiger partial charge in [-0.1, -0.05) is 12.1 Å². The normalized spacial score (nSPS) is 12.6. The second-order valence-electron chi connectivity index (χ2n) is 3.45. The number of hydrogen-bond acceptors (Lipinski definition) is 4. The van der Waals surface area contributed by atoms with E-state index in [0.29, 0.717) is 0 Å². The zero-order chi connectivity index (χ0) is 14.6. The van der Waals surface area contributed by atoms with E-state index in [1.54, 1.807) is 0 Å². The Morgan fingerprint density at radius 1 is 1.32 bits per heavy atom. The minimum atomic E-state index is -4.89. The van der Waals surface area contributed by atoms with Gasteiger partial charge in [-0.15, -0.1) is 13.2 Å². The third-order valence-electron chi connectivity index (χ3n) is 1.90. The molecule has 0 radical (unpaired) electrons. The Labute approximate surface area is 105 Å². The van der Waals surface area contributed by atoms with Crippen LogP contribution >= 0.6 is 0 Å². The summed E-state index contributed by atoms with van der Waals surface area (Å²) in [6.07, 6.45) is -6.58. The molecule has 0 aromatic heterocycles. The fraction of sp³-hybridized carbons (Fsp3) is 0.273. The lowest BCUT2D eigenvalue weighted by molar-refractivity contribution is -0.274. The highest BCUT2D eigenvalue weighted by atomic mass is 19.4. The second-order valence-corrected chi connectivity index (χ2v) is 3.45. The van der Waals surface area contributed by atoms with E-state index in [4.69, 9.17) is 5.11 Å². The maximum atomic E-state index is 12.0. The number of esters is 1. The zero-order valence-electron chi connectivity index (χ0n) is 9.60. The molecule has 1 atom stereocenters. The Morgan fingerprint density at radius 3 is 2.42 bits per heavy atom.